The molecule has 3 aromatic carbocycles. The zero-order valence-corrected chi connectivity index (χ0v) is 16.1. The summed E-state index contributed by atoms with van der Waals surface area (Å²) in [5, 5.41) is 0. The summed E-state index contributed by atoms with van der Waals surface area (Å²) in [5.41, 5.74) is 2.96. The van der Waals surface area contributed by atoms with Gasteiger partial charge in [0, 0.05) is 0 Å². The van der Waals surface area contributed by atoms with Gasteiger partial charge in [0.15, 0.2) is 0 Å². The summed E-state index contributed by atoms with van der Waals surface area (Å²) in [4.78, 5) is 11.8. The van der Waals surface area contributed by atoms with Gasteiger partial charge in [0.1, 0.15) is 5.75 Å². The summed E-state index contributed by atoms with van der Waals surface area (Å²) in [6, 6.07) is 27.6. The van der Waals surface area contributed by atoms with E-state index in [1.165, 1.54) is 11.1 Å². The second-order valence-electron chi connectivity index (χ2n) is 6.66. The van der Waals surface area contributed by atoms with Crippen LogP contribution in [0.2, 0.25) is 0 Å². The number of rotatable bonds is 10. The summed E-state index contributed by atoms with van der Waals surface area (Å²) >= 11 is 0. The lowest BCUT2D eigenvalue weighted by Crippen LogP contribution is -2.06. The fraction of sp³-hybridized carbons (Fsp3) is 0.240. The molecule has 0 aliphatic carbocycles. The van der Waals surface area contributed by atoms with Gasteiger partial charge >= 0.3 is 5.97 Å². The molecule has 0 saturated heterocycles. The lowest BCUT2D eigenvalue weighted by molar-refractivity contribution is 0.0497. The van der Waals surface area contributed by atoms with E-state index in [0.29, 0.717) is 18.8 Å². The van der Waals surface area contributed by atoms with Crippen LogP contribution in [0.4, 0.5) is 0 Å². The highest BCUT2D eigenvalue weighted by Crippen LogP contribution is 2.23. The van der Waals surface area contributed by atoms with E-state index in [2.05, 4.69) is 24.3 Å². The number of carbonyl (C=O) groups excluding carboxylic acids is 1. The number of carbonyl (C=O) groups is 1. The minimum Gasteiger partial charge on any atom is -0.494 e. The molecule has 0 fully saturated rings. The molecule has 0 atom stereocenters. The summed E-state index contributed by atoms with van der Waals surface area (Å²) in [5.74, 6) is 0.653. The maximum atomic E-state index is 11.8. The molecular formula is C25H26O3. The average Bonchev–Trinajstić information content (AvgIpc) is 2.77. The molecule has 0 unspecified atom stereocenters. The predicted molar refractivity (Wildman–Crippen MR) is 113 cm³/mol. The zero-order chi connectivity index (χ0) is 19.4. The van der Waals surface area contributed by atoms with Crippen LogP contribution in [-0.2, 0) is 4.74 Å². The zero-order valence-electron chi connectivity index (χ0n) is 16.1. The molecule has 0 bridgehead atoms. The first kappa shape index (κ1) is 19.7. The molecule has 3 heteroatoms. The van der Waals surface area contributed by atoms with E-state index in [-0.39, 0.29) is 5.97 Å². The summed E-state index contributed by atoms with van der Waals surface area (Å²) in [6.45, 7) is 1.16. The summed E-state index contributed by atoms with van der Waals surface area (Å²) < 4.78 is 11.2. The van der Waals surface area contributed by atoms with Crippen LogP contribution < -0.4 is 4.74 Å². The number of hydrogen-bond acceptors (Lipinski definition) is 3. The first-order valence-electron chi connectivity index (χ1n) is 9.83. The fourth-order valence-electron chi connectivity index (χ4n) is 2.97. The number of unbranched alkanes of at least 4 members (excludes halogenated alkanes) is 3. The quantitative estimate of drug-likeness (QED) is 0.315. The van der Waals surface area contributed by atoms with E-state index in [1.807, 2.05) is 48.5 Å². The number of ether oxygens (including phenoxy) is 2. The summed E-state index contributed by atoms with van der Waals surface area (Å²) in [7, 11) is 0. The van der Waals surface area contributed by atoms with Crippen LogP contribution in [0.15, 0.2) is 84.9 Å². The van der Waals surface area contributed by atoms with Crippen molar-refractivity contribution in [3.8, 4) is 16.9 Å². The Balaban J connectivity index is 1.29. The fourth-order valence-corrected chi connectivity index (χ4v) is 2.97. The van der Waals surface area contributed by atoms with Crippen molar-refractivity contribution in [2.24, 2.45) is 0 Å². The third-order valence-corrected chi connectivity index (χ3v) is 4.49. The van der Waals surface area contributed by atoms with Crippen LogP contribution in [0.25, 0.3) is 11.1 Å². The minimum atomic E-state index is -0.248. The third-order valence-electron chi connectivity index (χ3n) is 4.49. The van der Waals surface area contributed by atoms with Crippen molar-refractivity contribution in [3.63, 3.8) is 0 Å². The van der Waals surface area contributed by atoms with Crippen molar-refractivity contribution >= 4 is 5.97 Å². The number of benzene rings is 3. The van der Waals surface area contributed by atoms with Gasteiger partial charge in [0.05, 0.1) is 18.8 Å². The first-order valence-corrected chi connectivity index (χ1v) is 9.83. The maximum Gasteiger partial charge on any atom is 0.338 e. The van der Waals surface area contributed by atoms with Gasteiger partial charge in [-0.1, -0.05) is 60.7 Å². The lowest BCUT2D eigenvalue weighted by Gasteiger charge is -2.08. The van der Waals surface area contributed by atoms with Crippen molar-refractivity contribution < 1.29 is 14.3 Å². The normalized spacial score (nSPS) is 10.4. The maximum absolute atomic E-state index is 11.8. The van der Waals surface area contributed by atoms with Gasteiger partial charge in [-0.2, -0.15) is 0 Å². The van der Waals surface area contributed by atoms with E-state index < -0.39 is 0 Å². The van der Waals surface area contributed by atoms with Crippen LogP contribution in [-0.4, -0.2) is 19.2 Å². The van der Waals surface area contributed by atoms with Gasteiger partial charge in [-0.15, -0.1) is 0 Å². The van der Waals surface area contributed by atoms with Gasteiger partial charge in [-0.05, 0) is 61.1 Å². The Hall–Kier alpha value is -3.07. The van der Waals surface area contributed by atoms with Crippen LogP contribution in [0.3, 0.4) is 0 Å². The molecule has 3 rings (SSSR count). The number of esters is 1. The van der Waals surface area contributed by atoms with E-state index in [1.54, 1.807) is 12.1 Å². The monoisotopic (exact) mass is 374 g/mol. The van der Waals surface area contributed by atoms with Crippen molar-refractivity contribution in [2.75, 3.05) is 13.2 Å². The largest absolute Gasteiger partial charge is 0.494 e. The van der Waals surface area contributed by atoms with Crippen LogP contribution in [0.1, 0.15) is 36.0 Å². The highest BCUT2D eigenvalue weighted by Gasteiger charge is 2.05. The molecule has 0 heterocycles. The van der Waals surface area contributed by atoms with Crippen molar-refractivity contribution in [1.82, 2.24) is 0 Å². The van der Waals surface area contributed by atoms with Crippen LogP contribution in [0, 0.1) is 0 Å². The summed E-state index contributed by atoms with van der Waals surface area (Å²) in [6.07, 6.45) is 3.95. The molecule has 0 spiro atoms. The SMILES string of the molecule is O=C(OCCCCCCOc1cccc(-c2ccccc2)c1)c1ccccc1. The van der Waals surface area contributed by atoms with Crippen LogP contribution in [0.5, 0.6) is 5.75 Å². The first-order chi connectivity index (χ1) is 13.8. The van der Waals surface area contributed by atoms with E-state index in [0.717, 1.165) is 31.4 Å². The van der Waals surface area contributed by atoms with Crippen LogP contribution >= 0.6 is 0 Å². The molecule has 0 N–H and O–H groups in total. The predicted octanol–water partition coefficient (Wildman–Crippen LogP) is 6.15. The van der Waals surface area contributed by atoms with Crippen molar-refractivity contribution in [1.29, 1.82) is 0 Å². The Morgan fingerprint density at radius 1 is 0.643 bits per heavy atom. The molecule has 3 aromatic rings. The van der Waals surface area contributed by atoms with Gasteiger partial charge in [0.2, 0.25) is 0 Å². The second kappa shape index (κ2) is 10.9. The Bertz CT molecular complexity index is 844. The van der Waals surface area contributed by atoms with Gasteiger partial charge < -0.3 is 9.47 Å². The molecule has 144 valence electrons. The van der Waals surface area contributed by atoms with Crippen molar-refractivity contribution in [3.05, 3.63) is 90.5 Å². The topological polar surface area (TPSA) is 35.5 Å². The highest BCUT2D eigenvalue weighted by molar-refractivity contribution is 5.89. The molecule has 0 radical (unpaired) electrons. The van der Waals surface area contributed by atoms with Gasteiger partial charge in [0.25, 0.3) is 0 Å². The highest BCUT2D eigenvalue weighted by atomic mass is 16.5. The Kier molecular flexibility index (Phi) is 7.68. The molecule has 0 aromatic heterocycles. The molecule has 0 aliphatic rings. The molecule has 0 amide bonds. The Labute approximate surface area is 166 Å². The third kappa shape index (κ3) is 6.27. The molecule has 0 aliphatic heterocycles. The Morgan fingerprint density at radius 2 is 1.29 bits per heavy atom. The van der Waals surface area contributed by atoms with E-state index >= 15 is 0 Å². The molecular weight excluding hydrogens is 348 g/mol. The minimum absolute atomic E-state index is 0.248. The smallest absolute Gasteiger partial charge is 0.338 e. The molecule has 3 nitrogen and oxygen atoms in total. The molecule has 0 saturated carbocycles. The second-order valence-corrected chi connectivity index (χ2v) is 6.66. The van der Waals surface area contributed by atoms with E-state index in [9.17, 15) is 4.79 Å². The van der Waals surface area contributed by atoms with Gasteiger partial charge in [-0.25, -0.2) is 4.79 Å². The molecule has 28 heavy (non-hydrogen) atoms. The van der Waals surface area contributed by atoms with E-state index in [4.69, 9.17) is 9.47 Å². The average molecular weight is 374 g/mol. The lowest BCUT2D eigenvalue weighted by atomic mass is 10.1. The number of hydrogen-bond donors (Lipinski definition) is 0. The standard InChI is InChI=1S/C25H26O3/c26-25(22-14-7-4-8-15-22)28-19-10-2-1-9-18-27-24-17-11-16-23(20-24)21-12-5-3-6-13-21/h3-8,11-17,20H,1-2,9-10,18-19H2. The van der Waals surface area contributed by atoms with Gasteiger partial charge in [-0.3, -0.25) is 0 Å². The Morgan fingerprint density at radius 3 is 2.04 bits per heavy atom. The van der Waals surface area contributed by atoms with Crippen molar-refractivity contribution in [2.45, 2.75) is 25.7 Å².